The highest BCUT2D eigenvalue weighted by molar-refractivity contribution is 5.76. The number of piperazine rings is 1. The first-order chi connectivity index (χ1) is 11.6. The molecule has 0 unspecified atom stereocenters. The minimum atomic E-state index is -0.888. The van der Waals surface area contributed by atoms with Gasteiger partial charge in [0.2, 0.25) is 5.91 Å². The van der Waals surface area contributed by atoms with E-state index in [0.717, 1.165) is 45.6 Å². The van der Waals surface area contributed by atoms with Crippen LogP contribution in [0.4, 0.5) is 5.69 Å². The molecule has 1 aromatic rings. The largest absolute Gasteiger partial charge is 0.481 e. The third kappa shape index (κ3) is 6.54. The van der Waals surface area contributed by atoms with Gasteiger partial charge in [0.05, 0.1) is 6.42 Å². The predicted molar refractivity (Wildman–Crippen MR) is 92.0 cm³/mol. The lowest BCUT2D eigenvalue weighted by atomic mass is 10.2. The van der Waals surface area contributed by atoms with Crippen LogP contribution in [-0.2, 0) is 9.59 Å². The van der Waals surface area contributed by atoms with Gasteiger partial charge in [-0.05, 0) is 31.5 Å². The summed E-state index contributed by atoms with van der Waals surface area (Å²) in [5.41, 5.74) is 1.22. The number of hydrogen-bond donors (Lipinski definition) is 2. The van der Waals surface area contributed by atoms with Gasteiger partial charge in [-0.15, -0.1) is 0 Å². The first-order valence-electron chi connectivity index (χ1n) is 8.51. The normalized spacial score (nSPS) is 15.2. The summed E-state index contributed by atoms with van der Waals surface area (Å²) in [7, 11) is 0. The van der Waals surface area contributed by atoms with Crippen molar-refractivity contribution < 1.29 is 14.7 Å². The van der Waals surface area contributed by atoms with Crippen molar-refractivity contribution in [1.82, 2.24) is 15.2 Å². The Morgan fingerprint density at radius 2 is 1.79 bits per heavy atom. The first-order valence-corrected chi connectivity index (χ1v) is 8.51. The van der Waals surface area contributed by atoms with E-state index < -0.39 is 5.97 Å². The van der Waals surface area contributed by atoms with Gasteiger partial charge < -0.3 is 15.3 Å². The average Bonchev–Trinajstić information content (AvgIpc) is 2.60. The van der Waals surface area contributed by atoms with E-state index in [4.69, 9.17) is 5.11 Å². The van der Waals surface area contributed by atoms with Gasteiger partial charge in [-0.2, -0.15) is 0 Å². The SMILES string of the molecule is O=C(O)CCNC(=O)CCCCN1CCN(c2ccncc2)CC1. The third-order valence-electron chi connectivity index (χ3n) is 4.19. The van der Waals surface area contributed by atoms with Crippen molar-refractivity contribution in [2.45, 2.75) is 25.7 Å². The van der Waals surface area contributed by atoms with Gasteiger partial charge in [-0.3, -0.25) is 19.5 Å². The summed E-state index contributed by atoms with van der Waals surface area (Å²) in [6, 6.07) is 4.08. The van der Waals surface area contributed by atoms with E-state index >= 15 is 0 Å². The molecule has 24 heavy (non-hydrogen) atoms. The number of aliphatic carboxylic acids is 1. The van der Waals surface area contributed by atoms with E-state index in [0.29, 0.717) is 6.42 Å². The number of nitrogens with one attached hydrogen (secondary N) is 1. The predicted octanol–water partition coefficient (Wildman–Crippen LogP) is 0.965. The number of aromatic nitrogens is 1. The maximum absolute atomic E-state index is 11.5. The van der Waals surface area contributed by atoms with Crippen LogP contribution in [-0.4, -0.2) is 66.1 Å². The van der Waals surface area contributed by atoms with Crippen LogP contribution in [0.2, 0.25) is 0 Å². The zero-order chi connectivity index (χ0) is 17.2. The number of rotatable bonds is 9. The van der Waals surface area contributed by atoms with Crippen LogP contribution in [0, 0.1) is 0 Å². The molecule has 2 N–H and O–H groups in total. The van der Waals surface area contributed by atoms with E-state index in [1.165, 1.54) is 5.69 Å². The van der Waals surface area contributed by atoms with Crippen molar-refractivity contribution in [3.05, 3.63) is 24.5 Å². The first kappa shape index (κ1) is 18.2. The van der Waals surface area contributed by atoms with Gasteiger partial charge >= 0.3 is 5.97 Å². The van der Waals surface area contributed by atoms with E-state index in [-0.39, 0.29) is 18.9 Å². The van der Waals surface area contributed by atoms with Crippen LogP contribution in [0.15, 0.2) is 24.5 Å². The second kappa shape index (κ2) is 9.87. The molecule has 7 nitrogen and oxygen atoms in total. The lowest BCUT2D eigenvalue weighted by molar-refractivity contribution is -0.136. The van der Waals surface area contributed by atoms with Crippen molar-refractivity contribution in [1.29, 1.82) is 0 Å². The van der Waals surface area contributed by atoms with Gasteiger partial charge in [0.1, 0.15) is 0 Å². The summed E-state index contributed by atoms with van der Waals surface area (Å²) in [5, 5.41) is 11.1. The number of unbranched alkanes of at least 4 members (excludes halogenated alkanes) is 1. The molecule has 1 fully saturated rings. The van der Waals surface area contributed by atoms with Crippen molar-refractivity contribution in [2.24, 2.45) is 0 Å². The van der Waals surface area contributed by atoms with Gasteiger partial charge in [-0.25, -0.2) is 0 Å². The number of carboxylic acids is 1. The number of anilines is 1. The molecule has 1 amide bonds. The summed E-state index contributed by atoms with van der Waals surface area (Å²) >= 11 is 0. The molecular weight excluding hydrogens is 308 g/mol. The molecule has 0 aliphatic carbocycles. The summed E-state index contributed by atoms with van der Waals surface area (Å²) in [5.74, 6) is -0.944. The molecular formula is C17H26N4O3. The Morgan fingerprint density at radius 3 is 2.46 bits per heavy atom. The molecule has 7 heteroatoms. The smallest absolute Gasteiger partial charge is 0.305 e. The van der Waals surface area contributed by atoms with E-state index in [1.807, 2.05) is 24.5 Å². The highest BCUT2D eigenvalue weighted by Gasteiger charge is 2.16. The fourth-order valence-corrected chi connectivity index (χ4v) is 2.80. The topological polar surface area (TPSA) is 85.8 Å². The number of hydrogen-bond acceptors (Lipinski definition) is 5. The summed E-state index contributed by atoms with van der Waals surface area (Å²) in [6.45, 7) is 5.32. The van der Waals surface area contributed by atoms with Crippen molar-refractivity contribution in [3.63, 3.8) is 0 Å². The van der Waals surface area contributed by atoms with Crippen LogP contribution in [0.1, 0.15) is 25.7 Å². The number of amides is 1. The standard InChI is InChI=1S/C17H26N4O3/c22-16(19-9-6-17(23)24)3-1-2-10-20-11-13-21(14-12-20)15-4-7-18-8-5-15/h4-5,7-8H,1-3,6,9-14H2,(H,19,22)(H,23,24). The Balaban J connectivity index is 1.53. The molecule has 0 bridgehead atoms. The molecule has 0 atom stereocenters. The molecule has 0 radical (unpaired) electrons. The van der Waals surface area contributed by atoms with Gasteiger partial charge in [0.25, 0.3) is 0 Å². The zero-order valence-electron chi connectivity index (χ0n) is 14.0. The van der Waals surface area contributed by atoms with Crippen LogP contribution < -0.4 is 10.2 Å². The summed E-state index contributed by atoms with van der Waals surface area (Å²) in [6.07, 6.45) is 5.92. The Labute approximate surface area is 142 Å². The van der Waals surface area contributed by atoms with Crippen molar-refractivity contribution >= 4 is 17.6 Å². The number of carboxylic acid groups (broad SMARTS) is 1. The van der Waals surface area contributed by atoms with E-state index in [9.17, 15) is 9.59 Å². The van der Waals surface area contributed by atoms with Gasteiger partial charge in [0.15, 0.2) is 0 Å². The number of carbonyl (C=O) groups is 2. The maximum Gasteiger partial charge on any atom is 0.305 e. The molecule has 0 spiro atoms. The Hall–Kier alpha value is -2.15. The second-order valence-corrected chi connectivity index (χ2v) is 5.98. The van der Waals surface area contributed by atoms with Crippen LogP contribution >= 0.6 is 0 Å². The molecule has 1 aromatic heterocycles. The highest BCUT2D eigenvalue weighted by atomic mass is 16.4. The Kier molecular flexibility index (Phi) is 7.48. The molecule has 2 rings (SSSR count). The number of pyridine rings is 1. The van der Waals surface area contributed by atoms with Crippen molar-refractivity contribution in [2.75, 3.05) is 44.2 Å². The minimum Gasteiger partial charge on any atom is -0.481 e. The molecule has 0 saturated carbocycles. The fraction of sp³-hybridized carbons (Fsp3) is 0.588. The van der Waals surface area contributed by atoms with Crippen LogP contribution in [0.3, 0.4) is 0 Å². The molecule has 1 aliphatic rings. The lowest BCUT2D eigenvalue weighted by Gasteiger charge is -2.36. The lowest BCUT2D eigenvalue weighted by Crippen LogP contribution is -2.46. The van der Waals surface area contributed by atoms with E-state index in [2.05, 4.69) is 20.1 Å². The average molecular weight is 334 g/mol. The molecule has 132 valence electrons. The fourth-order valence-electron chi connectivity index (χ4n) is 2.80. The summed E-state index contributed by atoms with van der Waals surface area (Å²) in [4.78, 5) is 30.8. The Bertz CT molecular complexity index is 516. The molecule has 0 aromatic carbocycles. The highest BCUT2D eigenvalue weighted by Crippen LogP contribution is 2.15. The van der Waals surface area contributed by atoms with Crippen LogP contribution in [0.25, 0.3) is 0 Å². The van der Waals surface area contributed by atoms with E-state index in [1.54, 1.807) is 0 Å². The zero-order valence-corrected chi connectivity index (χ0v) is 14.0. The number of carbonyl (C=O) groups excluding carboxylic acids is 1. The Morgan fingerprint density at radius 1 is 1.08 bits per heavy atom. The molecule has 1 aliphatic heterocycles. The quantitative estimate of drug-likeness (QED) is 0.655. The van der Waals surface area contributed by atoms with Gasteiger partial charge in [-0.1, -0.05) is 0 Å². The summed E-state index contributed by atoms with van der Waals surface area (Å²) < 4.78 is 0. The molecule has 2 heterocycles. The maximum atomic E-state index is 11.5. The third-order valence-corrected chi connectivity index (χ3v) is 4.19. The van der Waals surface area contributed by atoms with Crippen LogP contribution in [0.5, 0.6) is 0 Å². The number of nitrogens with zero attached hydrogens (tertiary/aromatic N) is 3. The second-order valence-electron chi connectivity index (χ2n) is 5.98. The minimum absolute atomic E-state index is 0.0203. The van der Waals surface area contributed by atoms with Crippen molar-refractivity contribution in [3.8, 4) is 0 Å². The monoisotopic (exact) mass is 334 g/mol. The molecule has 1 saturated heterocycles. The van der Waals surface area contributed by atoms with Gasteiger partial charge in [0, 0.05) is 57.2 Å².